The van der Waals surface area contributed by atoms with Crippen LogP contribution in [0.15, 0.2) is 0 Å². The number of unbranched alkanes of at least 4 members (excludes halogenated alkanes) is 2. The molecule has 96 valence electrons. The fourth-order valence-corrected chi connectivity index (χ4v) is 1.96. The monoisotopic (exact) mass is 227 g/mol. The summed E-state index contributed by atoms with van der Waals surface area (Å²) in [5.41, 5.74) is 0. The van der Waals surface area contributed by atoms with Gasteiger partial charge in [0.1, 0.15) is 0 Å². The van der Waals surface area contributed by atoms with E-state index in [2.05, 4.69) is 20.8 Å². The summed E-state index contributed by atoms with van der Waals surface area (Å²) in [4.78, 5) is 13.5. The Hall–Kier alpha value is -0.530. The smallest absolute Gasteiger partial charge is 0.219 e. The van der Waals surface area contributed by atoms with E-state index in [0.29, 0.717) is 5.92 Å². The average Bonchev–Trinajstić information content (AvgIpc) is 2.28. The van der Waals surface area contributed by atoms with Crippen molar-refractivity contribution >= 4 is 5.91 Å². The molecule has 0 N–H and O–H groups in total. The highest BCUT2D eigenvalue weighted by Crippen LogP contribution is 2.14. The third-order valence-corrected chi connectivity index (χ3v) is 3.25. The lowest BCUT2D eigenvalue weighted by atomic mass is 9.98. The van der Waals surface area contributed by atoms with Gasteiger partial charge in [-0.1, -0.05) is 46.5 Å². The number of carbonyl (C=O) groups excluding carboxylic acids is 1. The van der Waals surface area contributed by atoms with Gasteiger partial charge in [0.2, 0.25) is 5.91 Å². The molecule has 1 atom stereocenters. The van der Waals surface area contributed by atoms with Crippen LogP contribution in [0.1, 0.15) is 66.2 Å². The minimum atomic E-state index is 0.239. The summed E-state index contributed by atoms with van der Waals surface area (Å²) in [6.45, 7) is 10.2. The van der Waals surface area contributed by atoms with Crippen LogP contribution in [-0.4, -0.2) is 23.9 Å². The van der Waals surface area contributed by atoms with E-state index in [0.717, 1.165) is 25.9 Å². The van der Waals surface area contributed by atoms with E-state index in [-0.39, 0.29) is 5.91 Å². The molecule has 0 aromatic heterocycles. The van der Waals surface area contributed by atoms with E-state index < -0.39 is 0 Å². The highest BCUT2D eigenvalue weighted by molar-refractivity contribution is 5.73. The van der Waals surface area contributed by atoms with Gasteiger partial charge in [-0.25, -0.2) is 0 Å². The molecule has 0 aromatic rings. The molecule has 0 fully saturated rings. The van der Waals surface area contributed by atoms with Crippen LogP contribution >= 0.6 is 0 Å². The van der Waals surface area contributed by atoms with Gasteiger partial charge in [0.15, 0.2) is 0 Å². The molecule has 0 saturated carbocycles. The highest BCUT2D eigenvalue weighted by Gasteiger charge is 2.14. The van der Waals surface area contributed by atoms with Gasteiger partial charge < -0.3 is 4.90 Å². The van der Waals surface area contributed by atoms with E-state index in [1.807, 2.05) is 4.90 Å². The summed E-state index contributed by atoms with van der Waals surface area (Å²) >= 11 is 0. The molecule has 16 heavy (non-hydrogen) atoms. The van der Waals surface area contributed by atoms with Crippen LogP contribution in [0.25, 0.3) is 0 Å². The Morgan fingerprint density at radius 2 is 1.75 bits per heavy atom. The summed E-state index contributed by atoms with van der Waals surface area (Å²) in [5.74, 6) is 0.934. The van der Waals surface area contributed by atoms with E-state index in [1.165, 1.54) is 25.7 Å². The Labute approximate surface area is 101 Å². The van der Waals surface area contributed by atoms with Crippen LogP contribution in [-0.2, 0) is 4.79 Å². The molecular weight excluding hydrogens is 198 g/mol. The Bertz CT molecular complexity index is 180. The fraction of sp³-hybridized carbons (Fsp3) is 0.929. The van der Waals surface area contributed by atoms with E-state index in [9.17, 15) is 4.79 Å². The first-order valence-electron chi connectivity index (χ1n) is 6.91. The molecule has 0 aliphatic rings. The summed E-state index contributed by atoms with van der Waals surface area (Å²) in [6, 6.07) is 0. The van der Waals surface area contributed by atoms with Crippen molar-refractivity contribution < 1.29 is 4.79 Å². The van der Waals surface area contributed by atoms with Gasteiger partial charge in [0, 0.05) is 20.0 Å². The van der Waals surface area contributed by atoms with Gasteiger partial charge in [-0.05, 0) is 18.8 Å². The molecule has 0 spiro atoms. The number of rotatable bonds is 9. The molecule has 1 unspecified atom stereocenters. The normalized spacial score (nSPS) is 12.5. The summed E-state index contributed by atoms with van der Waals surface area (Å²) < 4.78 is 0. The standard InChI is InChI=1S/C14H29NO/c1-5-8-10-14(7-3)12-15(13(4)16)11-9-6-2/h14H,5-12H2,1-4H3. The number of nitrogens with zero attached hydrogens (tertiary/aromatic N) is 1. The van der Waals surface area contributed by atoms with E-state index in [1.54, 1.807) is 6.92 Å². The van der Waals surface area contributed by atoms with Gasteiger partial charge in [0.05, 0.1) is 0 Å². The molecule has 0 aliphatic carbocycles. The van der Waals surface area contributed by atoms with Crippen LogP contribution < -0.4 is 0 Å². The number of amides is 1. The second-order valence-corrected chi connectivity index (χ2v) is 4.74. The van der Waals surface area contributed by atoms with Crippen LogP contribution in [0.2, 0.25) is 0 Å². The molecule has 2 nitrogen and oxygen atoms in total. The zero-order valence-corrected chi connectivity index (χ0v) is 11.6. The predicted molar refractivity (Wildman–Crippen MR) is 70.5 cm³/mol. The van der Waals surface area contributed by atoms with Crippen molar-refractivity contribution in [3.63, 3.8) is 0 Å². The Balaban J connectivity index is 4.06. The number of hydrogen-bond donors (Lipinski definition) is 0. The molecule has 2 heteroatoms. The van der Waals surface area contributed by atoms with Crippen molar-refractivity contribution in [2.24, 2.45) is 5.92 Å². The SMILES string of the molecule is CCCCC(CC)CN(CCCC)C(C)=O. The van der Waals surface area contributed by atoms with Gasteiger partial charge >= 0.3 is 0 Å². The Morgan fingerprint density at radius 3 is 2.19 bits per heavy atom. The summed E-state index contributed by atoms with van der Waals surface area (Å²) in [5, 5.41) is 0. The van der Waals surface area contributed by atoms with Crippen LogP contribution in [0.5, 0.6) is 0 Å². The van der Waals surface area contributed by atoms with E-state index in [4.69, 9.17) is 0 Å². The molecule has 0 bridgehead atoms. The van der Waals surface area contributed by atoms with Crippen LogP contribution in [0.3, 0.4) is 0 Å². The molecular formula is C14H29NO. The van der Waals surface area contributed by atoms with Gasteiger partial charge in [-0.2, -0.15) is 0 Å². The minimum Gasteiger partial charge on any atom is -0.343 e. The maximum absolute atomic E-state index is 11.5. The third kappa shape index (κ3) is 6.86. The first-order valence-corrected chi connectivity index (χ1v) is 6.91. The van der Waals surface area contributed by atoms with Gasteiger partial charge in [-0.15, -0.1) is 0 Å². The summed E-state index contributed by atoms with van der Waals surface area (Å²) in [6.07, 6.45) is 7.29. The summed E-state index contributed by atoms with van der Waals surface area (Å²) in [7, 11) is 0. The number of hydrogen-bond acceptors (Lipinski definition) is 1. The number of carbonyl (C=O) groups is 1. The molecule has 0 radical (unpaired) electrons. The zero-order valence-electron chi connectivity index (χ0n) is 11.6. The average molecular weight is 227 g/mol. The second kappa shape index (κ2) is 9.68. The van der Waals surface area contributed by atoms with Crippen molar-refractivity contribution in [1.82, 2.24) is 4.90 Å². The molecule has 0 rings (SSSR count). The molecule has 0 aliphatic heterocycles. The largest absolute Gasteiger partial charge is 0.343 e. The zero-order chi connectivity index (χ0) is 12.4. The fourth-order valence-electron chi connectivity index (χ4n) is 1.96. The van der Waals surface area contributed by atoms with Crippen molar-refractivity contribution in [3.8, 4) is 0 Å². The maximum atomic E-state index is 11.5. The van der Waals surface area contributed by atoms with Crippen molar-refractivity contribution in [1.29, 1.82) is 0 Å². The lowest BCUT2D eigenvalue weighted by Gasteiger charge is -2.26. The predicted octanol–water partition coefficient (Wildman–Crippen LogP) is 3.85. The first-order chi connectivity index (χ1) is 7.65. The quantitative estimate of drug-likeness (QED) is 0.586. The van der Waals surface area contributed by atoms with Crippen LogP contribution in [0.4, 0.5) is 0 Å². The van der Waals surface area contributed by atoms with E-state index >= 15 is 0 Å². The lowest BCUT2D eigenvalue weighted by molar-refractivity contribution is -0.129. The maximum Gasteiger partial charge on any atom is 0.219 e. The van der Waals surface area contributed by atoms with Crippen molar-refractivity contribution in [2.45, 2.75) is 66.2 Å². The van der Waals surface area contributed by atoms with Crippen molar-refractivity contribution in [2.75, 3.05) is 13.1 Å². The molecule has 0 aromatic carbocycles. The highest BCUT2D eigenvalue weighted by atomic mass is 16.2. The Morgan fingerprint density at radius 1 is 1.12 bits per heavy atom. The Kier molecular flexibility index (Phi) is 9.36. The van der Waals surface area contributed by atoms with Crippen LogP contribution in [0, 0.1) is 5.92 Å². The molecule has 0 heterocycles. The second-order valence-electron chi connectivity index (χ2n) is 4.74. The molecule has 0 saturated heterocycles. The molecule has 1 amide bonds. The van der Waals surface area contributed by atoms with Crippen molar-refractivity contribution in [3.05, 3.63) is 0 Å². The third-order valence-electron chi connectivity index (χ3n) is 3.25. The lowest BCUT2D eigenvalue weighted by Crippen LogP contribution is -2.34. The van der Waals surface area contributed by atoms with Gasteiger partial charge in [0.25, 0.3) is 0 Å². The minimum absolute atomic E-state index is 0.239. The topological polar surface area (TPSA) is 20.3 Å². The first kappa shape index (κ1) is 15.5. The van der Waals surface area contributed by atoms with Gasteiger partial charge in [-0.3, -0.25) is 4.79 Å².